The van der Waals surface area contributed by atoms with Crippen molar-refractivity contribution in [3.8, 4) is 28.7 Å². The van der Waals surface area contributed by atoms with Crippen LogP contribution in [0.5, 0.6) is 28.7 Å². The molecular formula is C29H32N2O7. The molecule has 1 N–H and O–H groups in total. The summed E-state index contributed by atoms with van der Waals surface area (Å²) in [7, 11) is 4.41. The molecule has 0 aromatic heterocycles. The van der Waals surface area contributed by atoms with Crippen LogP contribution in [0, 0.1) is 0 Å². The normalized spacial score (nSPS) is 11.5. The van der Waals surface area contributed by atoms with Crippen LogP contribution in [0.15, 0.2) is 65.8 Å². The minimum absolute atomic E-state index is 0.174. The summed E-state index contributed by atoms with van der Waals surface area (Å²) in [5.41, 5.74) is 4.48. The van der Waals surface area contributed by atoms with Crippen molar-refractivity contribution < 1.29 is 33.3 Å². The number of nitrogens with zero attached hydrogens (tertiary/aromatic N) is 1. The van der Waals surface area contributed by atoms with E-state index in [1.807, 2.05) is 24.3 Å². The molecule has 0 radical (unpaired) electrons. The van der Waals surface area contributed by atoms with Gasteiger partial charge in [0.25, 0.3) is 5.91 Å². The smallest absolute Gasteiger partial charge is 0.343 e. The second kappa shape index (κ2) is 13.7. The number of amides is 1. The molecule has 200 valence electrons. The summed E-state index contributed by atoms with van der Waals surface area (Å²) in [4.78, 5) is 24.8. The first-order valence-corrected chi connectivity index (χ1v) is 12.0. The van der Waals surface area contributed by atoms with Crippen molar-refractivity contribution in [1.82, 2.24) is 5.43 Å². The maximum atomic E-state index is 12.7. The van der Waals surface area contributed by atoms with Gasteiger partial charge in [-0.2, -0.15) is 5.10 Å². The lowest BCUT2D eigenvalue weighted by molar-refractivity contribution is -0.123. The number of nitrogens with one attached hydrogen (secondary N) is 1. The Morgan fingerprint density at radius 2 is 1.61 bits per heavy atom. The highest BCUT2D eigenvalue weighted by Gasteiger charge is 2.18. The van der Waals surface area contributed by atoms with E-state index in [1.54, 1.807) is 24.3 Å². The summed E-state index contributed by atoms with van der Waals surface area (Å²) in [5.74, 6) is 1.40. The highest BCUT2D eigenvalue weighted by Crippen LogP contribution is 2.38. The maximum Gasteiger partial charge on any atom is 0.343 e. The van der Waals surface area contributed by atoms with Crippen molar-refractivity contribution in [1.29, 1.82) is 0 Å². The van der Waals surface area contributed by atoms with E-state index in [0.29, 0.717) is 40.2 Å². The van der Waals surface area contributed by atoms with Crippen LogP contribution in [-0.2, 0) is 4.79 Å². The molecule has 0 spiro atoms. The molecular weight excluding hydrogens is 488 g/mol. The van der Waals surface area contributed by atoms with Gasteiger partial charge in [-0.25, -0.2) is 10.2 Å². The van der Waals surface area contributed by atoms with E-state index in [-0.39, 0.29) is 12.2 Å². The Kier molecular flexibility index (Phi) is 10.1. The van der Waals surface area contributed by atoms with Crippen molar-refractivity contribution in [3.63, 3.8) is 0 Å². The average Bonchev–Trinajstić information content (AvgIpc) is 2.95. The lowest BCUT2D eigenvalue weighted by Crippen LogP contribution is -2.24. The number of ether oxygens (including phenoxy) is 5. The molecule has 0 saturated carbocycles. The number of rotatable bonds is 12. The Bertz CT molecular complexity index is 1250. The fourth-order valence-electron chi connectivity index (χ4n) is 3.51. The topological polar surface area (TPSA) is 105 Å². The van der Waals surface area contributed by atoms with Gasteiger partial charge in [0, 0.05) is 0 Å². The Morgan fingerprint density at radius 3 is 2.21 bits per heavy atom. The first kappa shape index (κ1) is 28.0. The minimum atomic E-state index is -0.610. The number of hydrogen-bond acceptors (Lipinski definition) is 8. The zero-order chi connectivity index (χ0) is 27.5. The quantitative estimate of drug-likeness (QED) is 0.156. The predicted molar refractivity (Wildman–Crippen MR) is 144 cm³/mol. The lowest BCUT2D eigenvalue weighted by atomic mass is 9.99. The third-order valence-corrected chi connectivity index (χ3v) is 5.80. The molecule has 0 bridgehead atoms. The highest BCUT2D eigenvalue weighted by atomic mass is 16.5. The van der Waals surface area contributed by atoms with Crippen LogP contribution in [0.3, 0.4) is 0 Å². The van der Waals surface area contributed by atoms with Crippen molar-refractivity contribution in [2.45, 2.75) is 26.2 Å². The summed E-state index contributed by atoms with van der Waals surface area (Å²) in [5, 5.41) is 3.95. The van der Waals surface area contributed by atoms with Gasteiger partial charge in [-0.3, -0.25) is 4.79 Å². The summed E-state index contributed by atoms with van der Waals surface area (Å²) in [6.45, 7) is 4.13. The van der Waals surface area contributed by atoms with Gasteiger partial charge < -0.3 is 23.7 Å². The molecule has 0 saturated heterocycles. The first-order chi connectivity index (χ1) is 18.4. The highest BCUT2D eigenvalue weighted by molar-refractivity contribution is 5.93. The molecule has 0 aliphatic rings. The molecule has 0 aliphatic heterocycles. The Hall–Kier alpha value is -4.53. The molecule has 1 atom stereocenters. The predicted octanol–water partition coefficient (Wildman–Crippen LogP) is 4.97. The van der Waals surface area contributed by atoms with Gasteiger partial charge in [-0.15, -0.1) is 0 Å². The Balaban J connectivity index is 1.56. The molecule has 0 heterocycles. The van der Waals surface area contributed by atoms with Crippen LogP contribution >= 0.6 is 0 Å². The number of hydrogen-bond donors (Lipinski definition) is 1. The van der Waals surface area contributed by atoms with Crippen LogP contribution in [0.2, 0.25) is 0 Å². The lowest BCUT2D eigenvalue weighted by Gasteiger charge is -2.13. The third kappa shape index (κ3) is 7.49. The summed E-state index contributed by atoms with van der Waals surface area (Å²) >= 11 is 0. The van der Waals surface area contributed by atoms with Crippen molar-refractivity contribution >= 4 is 18.1 Å². The van der Waals surface area contributed by atoms with Gasteiger partial charge in [0.2, 0.25) is 5.75 Å². The Labute approximate surface area is 222 Å². The number of esters is 1. The maximum absolute atomic E-state index is 12.7. The molecule has 1 amide bonds. The van der Waals surface area contributed by atoms with Crippen LogP contribution in [-0.4, -0.2) is 46.0 Å². The van der Waals surface area contributed by atoms with Crippen molar-refractivity contribution in [2.24, 2.45) is 5.10 Å². The van der Waals surface area contributed by atoms with Gasteiger partial charge in [0.15, 0.2) is 18.1 Å². The second-order valence-corrected chi connectivity index (χ2v) is 8.34. The van der Waals surface area contributed by atoms with Crippen LogP contribution in [0.25, 0.3) is 0 Å². The van der Waals surface area contributed by atoms with Crippen LogP contribution in [0.4, 0.5) is 0 Å². The first-order valence-electron chi connectivity index (χ1n) is 12.0. The molecule has 0 aliphatic carbocycles. The molecule has 3 aromatic carbocycles. The van der Waals surface area contributed by atoms with Crippen molar-refractivity contribution in [3.05, 3.63) is 77.4 Å². The van der Waals surface area contributed by atoms with E-state index in [4.69, 9.17) is 23.7 Å². The Morgan fingerprint density at radius 1 is 0.921 bits per heavy atom. The van der Waals surface area contributed by atoms with E-state index >= 15 is 0 Å². The summed E-state index contributed by atoms with van der Waals surface area (Å²) in [6, 6.07) is 17.4. The average molecular weight is 521 g/mol. The number of carbonyl (C=O) groups is 2. The number of carbonyl (C=O) groups excluding carboxylic acids is 2. The monoisotopic (exact) mass is 520 g/mol. The zero-order valence-electron chi connectivity index (χ0n) is 22.1. The van der Waals surface area contributed by atoms with Gasteiger partial charge in [0.05, 0.1) is 33.1 Å². The molecule has 9 heteroatoms. The fourth-order valence-corrected chi connectivity index (χ4v) is 3.51. The molecule has 3 rings (SSSR count). The van der Waals surface area contributed by atoms with Gasteiger partial charge in [0.1, 0.15) is 11.5 Å². The van der Waals surface area contributed by atoms with E-state index in [1.165, 1.54) is 45.2 Å². The summed E-state index contributed by atoms with van der Waals surface area (Å²) in [6.07, 6.45) is 2.49. The largest absolute Gasteiger partial charge is 0.493 e. The van der Waals surface area contributed by atoms with Gasteiger partial charge in [-0.05, 0) is 59.9 Å². The second-order valence-electron chi connectivity index (χ2n) is 8.34. The minimum Gasteiger partial charge on any atom is -0.493 e. The van der Waals surface area contributed by atoms with E-state index in [9.17, 15) is 9.59 Å². The zero-order valence-corrected chi connectivity index (χ0v) is 22.1. The van der Waals surface area contributed by atoms with E-state index in [0.717, 1.165) is 6.42 Å². The van der Waals surface area contributed by atoms with E-state index in [2.05, 4.69) is 24.4 Å². The number of hydrazone groups is 1. The SMILES string of the molecule is CC[C@@H](C)c1ccc(OCC(=O)N/N=C\c2cccc(OC(=O)c3cc(OC)c(OC)c(OC)c3)c2)cc1. The van der Waals surface area contributed by atoms with Gasteiger partial charge in [-0.1, -0.05) is 38.1 Å². The molecule has 38 heavy (non-hydrogen) atoms. The molecule has 3 aromatic rings. The molecule has 0 unspecified atom stereocenters. The molecule has 9 nitrogen and oxygen atoms in total. The fraction of sp³-hybridized carbons (Fsp3) is 0.276. The molecule has 0 fully saturated rings. The van der Waals surface area contributed by atoms with Crippen LogP contribution < -0.4 is 29.1 Å². The van der Waals surface area contributed by atoms with E-state index < -0.39 is 11.9 Å². The number of methoxy groups -OCH3 is 3. The van der Waals surface area contributed by atoms with Gasteiger partial charge >= 0.3 is 5.97 Å². The van der Waals surface area contributed by atoms with Crippen molar-refractivity contribution in [2.75, 3.05) is 27.9 Å². The standard InChI is InChI=1S/C29H32N2O7/c1-6-19(2)21-10-12-23(13-11-21)37-18-27(32)31-30-17-20-8-7-9-24(14-20)38-29(33)22-15-25(34-3)28(36-5)26(16-22)35-4/h7-17,19H,6,18H2,1-5H3,(H,31,32)/b30-17-/t19-/m1/s1. The number of benzene rings is 3. The third-order valence-electron chi connectivity index (χ3n) is 5.80. The van der Waals surface area contributed by atoms with Crippen LogP contribution in [0.1, 0.15) is 47.7 Å². The summed E-state index contributed by atoms with van der Waals surface area (Å²) < 4.78 is 26.9.